The van der Waals surface area contributed by atoms with Gasteiger partial charge in [-0.25, -0.2) is 0 Å². The van der Waals surface area contributed by atoms with E-state index in [1.807, 2.05) is 0 Å². The first-order valence-electron chi connectivity index (χ1n) is 15.5. The standard InChI is InChI=1S/C31H50O8/c1-17(7-10-27(36)39-25-6-5-13-37-29(25)38-18(2)32)21-8-9-22-28-23(16-26(35)31(21,22)4)30(3)12-11-20(33)14-19(30)15-24(28)34/h17,19-26,28-29,33-35H,5-16H2,1-4H3/t17-,19+,20-,21-,22?,23+,24?,25-,26+,28?,29?,30+,31-/m1/s1. The van der Waals surface area contributed by atoms with Crippen LogP contribution in [0.5, 0.6) is 0 Å². The predicted octanol–water partition coefficient (Wildman–Crippen LogP) is 3.98. The molecule has 5 aliphatic rings. The Morgan fingerprint density at radius 2 is 1.77 bits per heavy atom. The molecule has 8 nitrogen and oxygen atoms in total. The van der Waals surface area contributed by atoms with Gasteiger partial charge in [-0.3, -0.25) is 9.59 Å². The number of fused-ring (bicyclic) bond motifs is 5. The molecular formula is C31H50O8. The summed E-state index contributed by atoms with van der Waals surface area (Å²) in [6.45, 7) is 8.57. The van der Waals surface area contributed by atoms with Crippen LogP contribution in [0.4, 0.5) is 0 Å². The summed E-state index contributed by atoms with van der Waals surface area (Å²) in [5, 5.41) is 33.5. The van der Waals surface area contributed by atoms with Crippen LogP contribution in [-0.2, 0) is 23.8 Å². The molecule has 0 aromatic heterocycles. The SMILES string of the molecule is CC(=O)OC1OCCC[C@H]1OC(=O)CC[C@@H](C)[C@H]1CCC2C3C(O)C[C@@H]4C[C@H](O)CC[C@]4(C)[C@H]3C[C@H](O)[C@@]21C. The van der Waals surface area contributed by atoms with Crippen LogP contribution in [0, 0.1) is 46.3 Å². The lowest BCUT2D eigenvalue weighted by Crippen LogP contribution is -2.62. The van der Waals surface area contributed by atoms with E-state index in [2.05, 4.69) is 20.8 Å². The van der Waals surface area contributed by atoms with Crippen LogP contribution in [0.2, 0.25) is 0 Å². The molecule has 13 atom stereocenters. The highest BCUT2D eigenvalue weighted by atomic mass is 16.7. The Labute approximate surface area is 233 Å². The van der Waals surface area contributed by atoms with Crippen LogP contribution in [0.15, 0.2) is 0 Å². The summed E-state index contributed by atoms with van der Waals surface area (Å²) in [6, 6.07) is 0. The van der Waals surface area contributed by atoms with Crippen molar-refractivity contribution >= 4 is 11.9 Å². The van der Waals surface area contributed by atoms with Gasteiger partial charge in [0, 0.05) is 13.3 Å². The topological polar surface area (TPSA) is 123 Å². The minimum Gasteiger partial charge on any atom is -0.456 e. The van der Waals surface area contributed by atoms with E-state index in [9.17, 15) is 24.9 Å². The van der Waals surface area contributed by atoms with Crippen molar-refractivity contribution < 1.29 is 39.1 Å². The molecule has 0 bridgehead atoms. The van der Waals surface area contributed by atoms with Crippen LogP contribution in [0.25, 0.3) is 0 Å². The molecule has 39 heavy (non-hydrogen) atoms. The van der Waals surface area contributed by atoms with Gasteiger partial charge < -0.3 is 29.5 Å². The number of esters is 2. The molecule has 4 saturated carbocycles. The Hall–Kier alpha value is -1.22. The number of aliphatic hydroxyl groups excluding tert-OH is 3. The normalized spacial score (nSPS) is 48.3. The van der Waals surface area contributed by atoms with Crippen LogP contribution >= 0.6 is 0 Å². The average molecular weight is 551 g/mol. The zero-order valence-corrected chi connectivity index (χ0v) is 24.2. The minimum atomic E-state index is -0.840. The molecule has 4 aliphatic carbocycles. The lowest BCUT2D eigenvalue weighted by atomic mass is 9.43. The first-order chi connectivity index (χ1) is 18.4. The second kappa shape index (κ2) is 11.2. The fourth-order valence-corrected chi connectivity index (χ4v) is 10.0. The van der Waals surface area contributed by atoms with Gasteiger partial charge in [0.15, 0.2) is 6.10 Å². The summed E-state index contributed by atoms with van der Waals surface area (Å²) in [4.78, 5) is 24.2. The highest BCUT2D eigenvalue weighted by Crippen LogP contribution is 2.68. The first-order valence-corrected chi connectivity index (χ1v) is 15.5. The van der Waals surface area contributed by atoms with Crippen LogP contribution in [-0.4, -0.2) is 64.6 Å². The van der Waals surface area contributed by atoms with Gasteiger partial charge in [0.2, 0.25) is 6.29 Å². The number of ether oxygens (including phenoxy) is 3. The fourth-order valence-electron chi connectivity index (χ4n) is 10.0. The Morgan fingerprint density at radius 1 is 1.00 bits per heavy atom. The molecule has 1 saturated heterocycles. The van der Waals surface area contributed by atoms with Crippen LogP contribution in [0.1, 0.15) is 98.3 Å². The molecule has 222 valence electrons. The maximum atomic E-state index is 12.8. The van der Waals surface area contributed by atoms with E-state index in [1.54, 1.807) is 0 Å². The number of aliphatic hydroxyl groups is 3. The Kier molecular flexibility index (Phi) is 8.42. The first kappa shape index (κ1) is 29.3. The number of rotatable bonds is 6. The van der Waals surface area contributed by atoms with Crippen molar-refractivity contribution in [2.45, 2.75) is 129 Å². The third kappa shape index (κ3) is 5.28. The van der Waals surface area contributed by atoms with Crippen LogP contribution < -0.4 is 0 Å². The molecule has 0 amide bonds. The van der Waals surface area contributed by atoms with E-state index >= 15 is 0 Å². The molecule has 4 unspecified atom stereocenters. The molecule has 0 spiro atoms. The van der Waals surface area contributed by atoms with Crippen molar-refractivity contribution in [3.63, 3.8) is 0 Å². The fraction of sp³-hybridized carbons (Fsp3) is 0.935. The Bertz CT molecular complexity index is 909. The summed E-state index contributed by atoms with van der Waals surface area (Å²) < 4.78 is 16.4. The van der Waals surface area contributed by atoms with E-state index in [0.717, 1.165) is 44.9 Å². The smallest absolute Gasteiger partial charge is 0.306 e. The molecule has 5 rings (SSSR count). The summed E-state index contributed by atoms with van der Waals surface area (Å²) in [5.41, 5.74) is -0.230. The molecule has 1 heterocycles. The van der Waals surface area contributed by atoms with Crippen molar-refractivity contribution in [3.8, 4) is 0 Å². The van der Waals surface area contributed by atoms with Crippen molar-refractivity contribution in [2.24, 2.45) is 46.3 Å². The highest BCUT2D eigenvalue weighted by Gasteiger charge is 2.65. The zero-order valence-electron chi connectivity index (χ0n) is 24.2. The van der Waals surface area contributed by atoms with Crippen molar-refractivity contribution in [1.82, 2.24) is 0 Å². The monoisotopic (exact) mass is 550 g/mol. The number of carbonyl (C=O) groups is 2. The Balaban J connectivity index is 1.23. The molecule has 0 radical (unpaired) electrons. The van der Waals surface area contributed by atoms with Gasteiger partial charge >= 0.3 is 11.9 Å². The van der Waals surface area contributed by atoms with Gasteiger partial charge in [0.1, 0.15) is 0 Å². The van der Waals surface area contributed by atoms with E-state index in [0.29, 0.717) is 31.8 Å². The lowest BCUT2D eigenvalue weighted by molar-refractivity contribution is -0.224. The summed E-state index contributed by atoms with van der Waals surface area (Å²) in [7, 11) is 0. The molecule has 5 fully saturated rings. The summed E-state index contributed by atoms with van der Waals surface area (Å²) >= 11 is 0. The van der Waals surface area contributed by atoms with Gasteiger partial charge in [-0.15, -0.1) is 0 Å². The largest absolute Gasteiger partial charge is 0.456 e. The quantitative estimate of drug-likeness (QED) is 0.425. The van der Waals surface area contributed by atoms with E-state index in [4.69, 9.17) is 14.2 Å². The summed E-state index contributed by atoms with van der Waals surface area (Å²) in [6.07, 6.45) is 5.78. The molecule has 1 aliphatic heterocycles. The van der Waals surface area contributed by atoms with Crippen molar-refractivity contribution in [1.29, 1.82) is 0 Å². The maximum absolute atomic E-state index is 12.8. The highest BCUT2D eigenvalue weighted by molar-refractivity contribution is 5.69. The number of hydrogen-bond acceptors (Lipinski definition) is 8. The summed E-state index contributed by atoms with van der Waals surface area (Å²) in [5.74, 6) is 0.756. The molecule has 3 N–H and O–H groups in total. The van der Waals surface area contributed by atoms with Gasteiger partial charge in [-0.1, -0.05) is 20.8 Å². The third-order valence-corrected chi connectivity index (χ3v) is 12.1. The second-order valence-corrected chi connectivity index (χ2v) is 14.1. The third-order valence-electron chi connectivity index (χ3n) is 12.1. The molecule has 8 heteroatoms. The maximum Gasteiger partial charge on any atom is 0.306 e. The van der Waals surface area contributed by atoms with Gasteiger partial charge in [0.25, 0.3) is 0 Å². The molecular weight excluding hydrogens is 500 g/mol. The number of carbonyl (C=O) groups excluding carboxylic acids is 2. The van der Waals surface area contributed by atoms with E-state index in [-0.39, 0.29) is 65.0 Å². The Morgan fingerprint density at radius 3 is 2.51 bits per heavy atom. The van der Waals surface area contributed by atoms with Crippen molar-refractivity contribution in [3.05, 3.63) is 0 Å². The number of hydrogen-bond donors (Lipinski definition) is 3. The zero-order chi connectivity index (χ0) is 28.1. The van der Waals surface area contributed by atoms with E-state index in [1.165, 1.54) is 6.92 Å². The molecule has 0 aromatic rings. The molecule has 0 aromatic carbocycles. The lowest BCUT2D eigenvalue weighted by Gasteiger charge is -2.63. The average Bonchev–Trinajstić information content (AvgIpc) is 3.23. The van der Waals surface area contributed by atoms with Crippen molar-refractivity contribution in [2.75, 3.05) is 6.61 Å². The van der Waals surface area contributed by atoms with Gasteiger partial charge in [-0.2, -0.15) is 0 Å². The van der Waals surface area contributed by atoms with Gasteiger partial charge in [0.05, 0.1) is 24.9 Å². The predicted molar refractivity (Wildman–Crippen MR) is 143 cm³/mol. The van der Waals surface area contributed by atoms with Crippen LogP contribution in [0.3, 0.4) is 0 Å². The minimum absolute atomic E-state index is 0.0612. The van der Waals surface area contributed by atoms with Gasteiger partial charge in [-0.05, 0) is 111 Å². The van der Waals surface area contributed by atoms with E-state index < -0.39 is 24.5 Å². The second-order valence-electron chi connectivity index (χ2n) is 14.1.